The average Bonchev–Trinajstić information content (AvgIpc) is 3.16. The van der Waals surface area contributed by atoms with Crippen molar-refractivity contribution in [2.24, 2.45) is 5.92 Å². The molecule has 1 aromatic heterocycles. The molecule has 2 aromatic rings. The van der Waals surface area contributed by atoms with E-state index in [0.717, 1.165) is 11.4 Å². The number of hydrogen-bond donors (Lipinski definition) is 0. The minimum atomic E-state index is 0.191. The van der Waals surface area contributed by atoms with E-state index in [1.807, 2.05) is 36.1 Å². The van der Waals surface area contributed by atoms with E-state index in [9.17, 15) is 4.79 Å². The van der Waals surface area contributed by atoms with Crippen LogP contribution in [0, 0.1) is 5.92 Å². The molecule has 146 valence electrons. The van der Waals surface area contributed by atoms with Crippen LogP contribution >= 0.6 is 11.6 Å². The predicted octanol–water partition coefficient (Wildman–Crippen LogP) is 3.76. The number of hydrogen-bond acceptors (Lipinski definition) is 5. The number of aromatic nitrogens is 2. The van der Waals surface area contributed by atoms with Gasteiger partial charge in [-0.25, -0.2) is 0 Å². The molecule has 7 heteroatoms. The molecule has 1 atom stereocenters. The maximum atomic E-state index is 12.9. The molecule has 1 aromatic carbocycles. The Bertz CT molecular complexity index is 752. The van der Waals surface area contributed by atoms with Gasteiger partial charge in [-0.15, -0.1) is 5.10 Å². The zero-order valence-corrected chi connectivity index (χ0v) is 16.9. The molecular formula is C20H27ClN4O2. The number of carbonyl (C=O) groups excluding carboxylic acids is 1. The molecule has 0 saturated carbocycles. The highest BCUT2D eigenvalue weighted by molar-refractivity contribution is 6.30. The Hall–Kier alpha value is -2.08. The van der Waals surface area contributed by atoms with E-state index in [4.69, 9.17) is 16.0 Å². The van der Waals surface area contributed by atoms with Crippen LogP contribution in [0.25, 0.3) is 0 Å². The number of piperazine rings is 1. The standard InChI is InChI=1S/C20H27ClN4O2/c1-4-18-22-23-20(27-18)25-11-9-24(10-12-25)19(26)13-17(14(2)3)15-5-7-16(21)8-6-15/h5-8,14,17H,4,9-13H2,1-3H3. The van der Waals surface area contributed by atoms with Crippen molar-refractivity contribution in [3.05, 3.63) is 40.7 Å². The van der Waals surface area contributed by atoms with Crippen LogP contribution in [-0.4, -0.2) is 47.2 Å². The van der Waals surface area contributed by atoms with Crippen LogP contribution in [0.15, 0.2) is 28.7 Å². The molecule has 3 rings (SSSR count). The number of aryl methyl sites for hydroxylation is 1. The second-order valence-corrected chi connectivity index (χ2v) is 7.74. The van der Waals surface area contributed by atoms with Crippen molar-refractivity contribution in [3.63, 3.8) is 0 Å². The molecule has 1 aliphatic rings. The van der Waals surface area contributed by atoms with Gasteiger partial charge in [0, 0.05) is 44.0 Å². The lowest BCUT2D eigenvalue weighted by Gasteiger charge is -2.34. The molecule has 1 unspecified atom stereocenters. The fourth-order valence-corrected chi connectivity index (χ4v) is 3.55. The van der Waals surface area contributed by atoms with Gasteiger partial charge in [0.1, 0.15) is 0 Å². The van der Waals surface area contributed by atoms with Crippen molar-refractivity contribution in [2.75, 3.05) is 31.1 Å². The molecule has 0 aliphatic carbocycles. The van der Waals surface area contributed by atoms with Crippen LogP contribution in [0.5, 0.6) is 0 Å². The zero-order chi connectivity index (χ0) is 19.4. The maximum Gasteiger partial charge on any atom is 0.318 e. The van der Waals surface area contributed by atoms with Gasteiger partial charge in [-0.05, 0) is 29.5 Å². The summed E-state index contributed by atoms with van der Waals surface area (Å²) in [7, 11) is 0. The first-order valence-electron chi connectivity index (χ1n) is 9.58. The predicted molar refractivity (Wildman–Crippen MR) is 106 cm³/mol. The number of benzene rings is 1. The number of halogens is 1. The van der Waals surface area contributed by atoms with E-state index in [2.05, 4.69) is 28.9 Å². The van der Waals surface area contributed by atoms with E-state index in [0.29, 0.717) is 50.4 Å². The van der Waals surface area contributed by atoms with Crippen LogP contribution in [0.3, 0.4) is 0 Å². The Morgan fingerprint density at radius 1 is 1.15 bits per heavy atom. The van der Waals surface area contributed by atoms with Crippen LogP contribution in [0.1, 0.15) is 44.6 Å². The van der Waals surface area contributed by atoms with Crippen molar-refractivity contribution in [2.45, 2.75) is 39.5 Å². The van der Waals surface area contributed by atoms with Crippen molar-refractivity contribution in [1.29, 1.82) is 0 Å². The Morgan fingerprint density at radius 2 is 1.81 bits per heavy atom. The van der Waals surface area contributed by atoms with Crippen molar-refractivity contribution >= 4 is 23.5 Å². The summed E-state index contributed by atoms with van der Waals surface area (Å²) < 4.78 is 5.62. The summed E-state index contributed by atoms with van der Waals surface area (Å²) in [6, 6.07) is 8.40. The van der Waals surface area contributed by atoms with E-state index >= 15 is 0 Å². The molecule has 0 spiro atoms. The fourth-order valence-electron chi connectivity index (χ4n) is 3.43. The number of rotatable bonds is 6. The van der Waals surface area contributed by atoms with Crippen LogP contribution in [0.4, 0.5) is 6.01 Å². The highest BCUT2D eigenvalue weighted by Gasteiger charge is 2.27. The molecule has 0 radical (unpaired) electrons. The molecule has 6 nitrogen and oxygen atoms in total. The third kappa shape index (κ3) is 4.80. The number of anilines is 1. The van der Waals surface area contributed by atoms with Crippen molar-refractivity contribution in [3.8, 4) is 0 Å². The third-order valence-corrected chi connectivity index (χ3v) is 5.41. The molecule has 1 saturated heterocycles. The summed E-state index contributed by atoms with van der Waals surface area (Å²) in [4.78, 5) is 16.9. The summed E-state index contributed by atoms with van der Waals surface area (Å²) in [6.07, 6.45) is 1.24. The number of nitrogens with zero attached hydrogens (tertiary/aromatic N) is 4. The van der Waals surface area contributed by atoms with Crippen LogP contribution < -0.4 is 4.90 Å². The largest absolute Gasteiger partial charge is 0.408 e. The van der Waals surface area contributed by atoms with Crippen LogP contribution in [-0.2, 0) is 11.2 Å². The lowest BCUT2D eigenvalue weighted by Crippen LogP contribution is -2.49. The second-order valence-electron chi connectivity index (χ2n) is 7.31. The Labute approximate surface area is 165 Å². The van der Waals surface area contributed by atoms with E-state index in [-0.39, 0.29) is 11.8 Å². The van der Waals surface area contributed by atoms with Gasteiger partial charge < -0.3 is 14.2 Å². The van der Waals surface area contributed by atoms with E-state index in [1.54, 1.807) is 0 Å². The van der Waals surface area contributed by atoms with Gasteiger partial charge in [-0.2, -0.15) is 0 Å². The fraction of sp³-hybridized carbons (Fsp3) is 0.550. The SMILES string of the molecule is CCc1nnc(N2CCN(C(=O)CC(c3ccc(Cl)cc3)C(C)C)CC2)o1. The minimum Gasteiger partial charge on any atom is -0.408 e. The molecule has 27 heavy (non-hydrogen) atoms. The Morgan fingerprint density at radius 3 is 2.37 bits per heavy atom. The highest BCUT2D eigenvalue weighted by atomic mass is 35.5. The van der Waals surface area contributed by atoms with E-state index < -0.39 is 0 Å². The normalized spacial score (nSPS) is 16.0. The first-order chi connectivity index (χ1) is 13.0. The maximum absolute atomic E-state index is 12.9. The summed E-state index contributed by atoms with van der Waals surface area (Å²) in [5.74, 6) is 1.41. The molecular weight excluding hydrogens is 364 g/mol. The molecule has 1 amide bonds. The van der Waals surface area contributed by atoms with Gasteiger partial charge in [0.2, 0.25) is 11.8 Å². The van der Waals surface area contributed by atoms with Gasteiger partial charge in [0.15, 0.2) is 0 Å². The van der Waals surface area contributed by atoms with Gasteiger partial charge in [0.25, 0.3) is 0 Å². The Balaban J connectivity index is 1.58. The molecule has 0 bridgehead atoms. The summed E-state index contributed by atoms with van der Waals surface area (Å²) >= 11 is 6.00. The third-order valence-electron chi connectivity index (χ3n) is 5.16. The van der Waals surface area contributed by atoms with Gasteiger partial charge in [-0.1, -0.05) is 49.6 Å². The molecule has 2 heterocycles. The van der Waals surface area contributed by atoms with Gasteiger partial charge >= 0.3 is 6.01 Å². The zero-order valence-electron chi connectivity index (χ0n) is 16.2. The number of amides is 1. The molecule has 1 aliphatic heterocycles. The van der Waals surface area contributed by atoms with Crippen LogP contribution in [0.2, 0.25) is 5.02 Å². The van der Waals surface area contributed by atoms with Crippen molar-refractivity contribution in [1.82, 2.24) is 15.1 Å². The lowest BCUT2D eigenvalue weighted by atomic mass is 9.85. The topological polar surface area (TPSA) is 62.5 Å². The minimum absolute atomic E-state index is 0.191. The highest BCUT2D eigenvalue weighted by Crippen LogP contribution is 2.30. The van der Waals surface area contributed by atoms with Gasteiger partial charge in [-0.3, -0.25) is 4.79 Å². The van der Waals surface area contributed by atoms with Gasteiger partial charge in [0.05, 0.1) is 0 Å². The first kappa shape index (κ1) is 19.7. The second kappa shape index (κ2) is 8.74. The summed E-state index contributed by atoms with van der Waals surface area (Å²) in [5.41, 5.74) is 1.17. The number of carbonyl (C=O) groups is 1. The first-order valence-corrected chi connectivity index (χ1v) is 9.96. The Kier molecular flexibility index (Phi) is 6.37. The van der Waals surface area contributed by atoms with E-state index in [1.165, 1.54) is 5.56 Å². The molecule has 1 fully saturated rings. The average molecular weight is 391 g/mol. The summed E-state index contributed by atoms with van der Waals surface area (Å²) in [5, 5.41) is 8.83. The lowest BCUT2D eigenvalue weighted by molar-refractivity contribution is -0.132. The smallest absolute Gasteiger partial charge is 0.318 e. The monoisotopic (exact) mass is 390 g/mol. The quantitative estimate of drug-likeness (QED) is 0.751. The molecule has 0 N–H and O–H groups in total. The summed E-state index contributed by atoms with van der Waals surface area (Å²) in [6.45, 7) is 9.08. The van der Waals surface area contributed by atoms with Crippen molar-refractivity contribution < 1.29 is 9.21 Å².